The molecule has 0 radical (unpaired) electrons. The van der Waals surface area contributed by atoms with Gasteiger partial charge in [-0.15, -0.1) is 0 Å². The summed E-state index contributed by atoms with van der Waals surface area (Å²) in [7, 11) is 0. The van der Waals surface area contributed by atoms with Crippen molar-refractivity contribution in [2.75, 3.05) is 37.6 Å². The van der Waals surface area contributed by atoms with E-state index in [-0.39, 0.29) is 24.1 Å². The molecule has 2 aliphatic rings. The second-order valence-corrected chi connectivity index (χ2v) is 7.41. The molecule has 2 saturated heterocycles. The molecule has 6 heteroatoms. The monoisotopic (exact) mass is 393 g/mol. The third-order valence-electron chi connectivity index (χ3n) is 5.53. The summed E-state index contributed by atoms with van der Waals surface area (Å²) in [4.78, 5) is 30.9. The molecule has 2 heterocycles. The molecule has 5 nitrogen and oxygen atoms in total. The Hall–Kier alpha value is -2.83. The van der Waals surface area contributed by atoms with Crippen LogP contribution in [0.5, 0.6) is 0 Å². The number of anilines is 1. The van der Waals surface area contributed by atoms with Gasteiger partial charge < -0.3 is 0 Å². The van der Waals surface area contributed by atoms with Gasteiger partial charge in [0, 0.05) is 32.7 Å². The van der Waals surface area contributed by atoms with Crippen molar-refractivity contribution in [1.29, 1.82) is 0 Å². The molecule has 0 aliphatic carbocycles. The van der Waals surface area contributed by atoms with Crippen LogP contribution in [0.2, 0.25) is 0 Å². The van der Waals surface area contributed by atoms with Crippen LogP contribution in [0.1, 0.15) is 12.0 Å². The number of rotatable bonds is 5. The Bertz CT molecular complexity index is 890. The minimum atomic E-state index is -0.422. The number of hydrogen-bond donors (Lipinski definition) is 0. The Morgan fingerprint density at radius 3 is 2.31 bits per heavy atom. The molecule has 0 bridgehead atoms. The number of carbonyl (C=O) groups excluding carboxylic acids is 2. The van der Waals surface area contributed by atoms with E-state index in [1.165, 1.54) is 34.7 Å². The molecule has 2 aromatic rings. The Balaban J connectivity index is 1.31. The number of imide groups is 1. The second kappa shape index (κ2) is 8.68. The third-order valence-corrected chi connectivity index (χ3v) is 5.53. The molecule has 0 saturated carbocycles. The molecule has 2 amide bonds. The standard InChI is InChI=1S/C23H24FN3O2/c24-19-8-10-20(11-9-19)27-22(28)17-21(23(27)29)26-15-13-25(14-16-26)12-4-7-18-5-2-1-3-6-18/h1-11,21H,12-17H2/b7-4+/t21-/m0/s1. The maximum Gasteiger partial charge on any atom is 0.251 e. The lowest BCUT2D eigenvalue weighted by Crippen LogP contribution is -2.52. The maximum atomic E-state index is 13.2. The molecule has 2 fully saturated rings. The summed E-state index contributed by atoms with van der Waals surface area (Å²) in [6, 6.07) is 15.3. The van der Waals surface area contributed by atoms with Gasteiger partial charge in [-0.05, 0) is 29.8 Å². The summed E-state index contributed by atoms with van der Waals surface area (Å²) in [6.07, 6.45) is 4.46. The maximum absolute atomic E-state index is 13.2. The molecule has 1 atom stereocenters. The number of amides is 2. The summed E-state index contributed by atoms with van der Waals surface area (Å²) in [6.45, 7) is 4.07. The largest absolute Gasteiger partial charge is 0.297 e. The molecule has 0 N–H and O–H groups in total. The van der Waals surface area contributed by atoms with Crippen molar-refractivity contribution in [3.8, 4) is 0 Å². The summed E-state index contributed by atoms with van der Waals surface area (Å²) >= 11 is 0. The van der Waals surface area contributed by atoms with Gasteiger partial charge in [0.05, 0.1) is 18.2 Å². The van der Waals surface area contributed by atoms with Crippen LogP contribution in [0.25, 0.3) is 6.08 Å². The van der Waals surface area contributed by atoms with Crippen LogP contribution in [0, 0.1) is 5.82 Å². The molecule has 0 unspecified atom stereocenters. The Labute approximate surface area is 170 Å². The van der Waals surface area contributed by atoms with Gasteiger partial charge in [-0.1, -0.05) is 42.5 Å². The van der Waals surface area contributed by atoms with E-state index in [9.17, 15) is 14.0 Å². The molecule has 29 heavy (non-hydrogen) atoms. The Kier molecular flexibility index (Phi) is 5.83. The minimum absolute atomic E-state index is 0.185. The first-order chi connectivity index (χ1) is 14.1. The van der Waals surface area contributed by atoms with Crippen molar-refractivity contribution in [3.05, 3.63) is 72.1 Å². The van der Waals surface area contributed by atoms with Crippen molar-refractivity contribution >= 4 is 23.6 Å². The first-order valence-corrected chi connectivity index (χ1v) is 9.92. The average Bonchev–Trinajstić information content (AvgIpc) is 3.04. The van der Waals surface area contributed by atoms with Gasteiger partial charge in [-0.3, -0.25) is 19.4 Å². The summed E-state index contributed by atoms with van der Waals surface area (Å²) in [5, 5.41) is 0. The van der Waals surface area contributed by atoms with E-state index in [0.717, 1.165) is 32.7 Å². The van der Waals surface area contributed by atoms with E-state index >= 15 is 0 Å². The van der Waals surface area contributed by atoms with Gasteiger partial charge >= 0.3 is 0 Å². The number of nitrogens with zero attached hydrogens (tertiary/aromatic N) is 3. The molecule has 150 valence electrons. The fourth-order valence-corrected chi connectivity index (χ4v) is 3.92. The Morgan fingerprint density at radius 1 is 0.931 bits per heavy atom. The van der Waals surface area contributed by atoms with Crippen LogP contribution >= 0.6 is 0 Å². The van der Waals surface area contributed by atoms with Gasteiger partial charge in [-0.25, -0.2) is 9.29 Å². The highest BCUT2D eigenvalue weighted by molar-refractivity contribution is 6.22. The molecule has 4 rings (SSSR count). The minimum Gasteiger partial charge on any atom is -0.297 e. The second-order valence-electron chi connectivity index (χ2n) is 7.41. The van der Waals surface area contributed by atoms with Crippen molar-refractivity contribution in [1.82, 2.24) is 9.80 Å². The van der Waals surface area contributed by atoms with Gasteiger partial charge in [0.2, 0.25) is 5.91 Å². The van der Waals surface area contributed by atoms with E-state index in [1.54, 1.807) is 0 Å². The number of piperazine rings is 1. The van der Waals surface area contributed by atoms with E-state index in [0.29, 0.717) is 5.69 Å². The van der Waals surface area contributed by atoms with Crippen molar-refractivity contribution in [3.63, 3.8) is 0 Å². The number of hydrogen-bond acceptors (Lipinski definition) is 4. The van der Waals surface area contributed by atoms with Crippen LogP contribution in [0.15, 0.2) is 60.7 Å². The van der Waals surface area contributed by atoms with Gasteiger partial charge in [-0.2, -0.15) is 0 Å². The predicted octanol–water partition coefficient (Wildman–Crippen LogP) is 2.79. The highest BCUT2D eigenvalue weighted by Gasteiger charge is 2.43. The molecular formula is C23H24FN3O2. The van der Waals surface area contributed by atoms with Crippen LogP contribution < -0.4 is 4.90 Å². The molecular weight excluding hydrogens is 369 g/mol. The van der Waals surface area contributed by atoms with Crippen LogP contribution in [-0.2, 0) is 9.59 Å². The fraction of sp³-hybridized carbons (Fsp3) is 0.304. The summed E-state index contributed by atoms with van der Waals surface area (Å²) in [5.41, 5.74) is 1.62. The lowest BCUT2D eigenvalue weighted by atomic mass is 10.1. The third kappa shape index (κ3) is 4.44. The first kappa shape index (κ1) is 19.5. The van der Waals surface area contributed by atoms with Crippen molar-refractivity contribution in [2.45, 2.75) is 12.5 Å². The zero-order valence-corrected chi connectivity index (χ0v) is 16.2. The normalized spacial score (nSPS) is 21.4. The molecule has 0 spiro atoms. The van der Waals surface area contributed by atoms with E-state index in [1.807, 2.05) is 18.2 Å². The number of halogens is 1. The van der Waals surface area contributed by atoms with Crippen LogP contribution in [-0.4, -0.2) is 60.4 Å². The van der Waals surface area contributed by atoms with E-state index in [2.05, 4.69) is 34.1 Å². The summed E-state index contributed by atoms with van der Waals surface area (Å²) in [5.74, 6) is -0.819. The zero-order valence-electron chi connectivity index (χ0n) is 16.2. The first-order valence-electron chi connectivity index (χ1n) is 9.92. The number of benzene rings is 2. The molecule has 2 aliphatic heterocycles. The average molecular weight is 393 g/mol. The molecule has 0 aromatic heterocycles. The highest BCUT2D eigenvalue weighted by Crippen LogP contribution is 2.26. The Morgan fingerprint density at radius 2 is 1.62 bits per heavy atom. The van der Waals surface area contributed by atoms with Gasteiger partial charge in [0.15, 0.2) is 0 Å². The van der Waals surface area contributed by atoms with Gasteiger partial charge in [0.1, 0.15) is 5.82 Å². The lowest BCUT2D eigenvalue weighted by molar-refractivity contribution is -0.123. The molecule has 2 aromatic carbocycles. The number of carbonyl (C=O) groups is 2. The fourth-order valence-electron chi connectivity index (χ4n) is 3.92. The van der Waals surface area contributed by atoms with Gasteiger partial charge in [0.25, 0.3) is 5.91 Å². The summed E-state index contributed by atoms with van der Waals surface area (Å²) < 4.78 is 13.2. The topological polar surface area (TPSA) is 43.9 Å². The quantitative estimate of drug-likeness (QED) is 0.733. The lowest BCUT2D eigenvalue weighted by Gasteiger charge is -2.36. The zero-order chi connectivity index (χ0) is 20.2. The smallest absolute Gasteiger partial charge is 0.251 e. The van der Waals surface area contributed by atoms with Crippen molar-refractivity contribution < 1.29 is 14.0 Å². The van der Waals surface area contributed by atoms with E-state index in [4.69, 9.17) is 0 Å². The van der Waals surface area contributed by atoms with Crippen LogP contribution in [0.4, 0.5) is 10.1 Å². The van der Waals surface area contributed by atoms with E-state index < -0.39 is 6.04 Å². The van der Waals surface area contributed by atoms with Crippen LogP contribution in [0.3, 0.4) is 0 Å². The predicted molar refractivity (Wildman–Crippen MR) is 111 cm³/mol. The SMILES string of the molecule is O=C1C[C@H](N2CCN(C/C=C/c3ccccc3)CC2)C(=O)N1c1ccc(F)cc1. The van der Waals surface area contributed by atoms with Crippen molar-refractivity contribution in [2.24, 2.45) is 0 Å². The highest BCUT2D eigenvalue weighted by atomic mass is 19.1.